The van der Waals surface area contributed by atoms with Crippen LogP contribution in [0.5, 0.6) is 0 Å². The van der Waals surface area contributed by atoms with E-state index in [0.29, 0.717) is 16.7 Å². The fourth-order valence-corrected chi connectivity index (χ4v) is 6.76. The smallest absolute Gasteiger partial charge is 0.240 e. The van der Waals surface area contributed by atoms with Crippen molar-refractivity contribution in [3.05, 3.63) is 77.9 Å². The van der Waals surface area contributed by atoms with Crippen molar-refractivity contribution in [3.63, 3.8) is 0 Å². The Balaban J connectivity index is 1.41. The van der Waals surface area contributed by atoms with E-state index in [4.69, 9.17) is 4.74 Å². The molecule has 1 saturated carbocycles. The molecule has 5 nitrogen and oxygen atoms in total. The summed E-state index contributed by atoms with van der Waals surface area (Å²) in [7, 11) is -0.266. The van der Waals surface area contributed by atoms with E-state index >= 15 is 0 Å². The van der Waals surface area contributed by atoms with Gasteiger partial charge in [0.25, 0.3) is 0 Å². The zero-order valence-electron chi connectivity index (χ0n) is 18.6. The minimum absolute atomic E-state index is 0.298. The van der Waals surface area contributed by atoms with Gasteiger partial charge in [0.1, 0.15) is 5.60 Å². The monoisotopic (exact) mass is 450 g/mol. The summed E-state index contributed by atoms with van der Waals surface area (Å²) in [5.41, 5.74) is 1.88. The van der Waals surface area contributed by atoms with Crippen molar-refractivity contribution in [2.75, 3.05) is 27.2 Å². The third-order valence-corrected chi connectivity index (χ3v) is 8.87. The largest absolute Gasteiger partial charge is 0.373 e. The quantitative estimate of drug-likeness (QED) is 0.614. The maximum atomic E-state index is 12.4. The number of methoxy groups -OCH3 is 1. The molecule has 0 aromatic heterocycles. The molecule has 5 rings (SSSR count). The van der Waals surface area contributed by atoms with Gasteiger partial charge in [0.15, 0.2) is 0 Å². The van der Waals surface area contributed by atoms with Crippen molar-refractivity contribution in [3.8, 4) is 0 Å². The van der Waals surface area contributed by atoms with Crippen molar-refractivity contribution in [1.82, 2.24) is 9.62 Å². The summed E-state index contributed by atoms with van der Waals surface area (Å²) < 4.78 is 33.5. The number of benzene rings is 3. The number of ether oxygens (including phenoxy) is 1. The first kappa shape index (κ1) is 21.6. The SMILES string of the molecule is CNS(=O)(=O)c1cccc(C2(OC)C3CCC2CN(Cc2ccc4ccccc4c2)C3)c1. The van der Waals surface area contributed by atoms with E-state index in [-0.39, 0.29) is 0 Å². The second-order valence-electron chi connectivity index (χ2n) is 9.08. The van der Waals surface area contributed by atoms with Gasteiger partial charge in [-0.15, -0.1) is 0 Å². The summed E-state index contributed by atoms with van der Waals surface area (Å²) in [6, 6.07) is 22.5. The lowest BCUT2D eigenvalue weighted by Crippen LogP contribution is -2.52. The van der Waals surface area contributed by atoms with Crippen LogP contribution in [-0.4, -0.2) is 40.6 Å². The second kappa shape index (κ2) is 8.27. The average molecular weight is 451 g/mol. The molecule has 32 heavy (non-hydrogen) atoms. The van der Waals surface area contributed by atoms with Crippen molar-refractivity contribution >= 4 is 20.8 Å². The molecule has 2 fully saturated rings. The number of fused-ring (bicyclic) bond motifs is 3. The van der Waals surface area contributed by atoms with Gasteiger partial charge in [-0.05, 0) is 60.0 Å². The highest BCUT2D eigenvalue weighted by molar-refractivity contribution is 7.89. The average Bonchev–Trinajstić information content (AvgIpc) is 3.02. The Labute approximate surface area is 190 Å². The topological polar surface area (TPSA) is 58.6 Å². The van der Waals surface area contributed by atoms with Gasteiger partial charge in [-0.25, -0.2) is 13.1 Å². The molecule has 1 aliphatic carbocycles. The molecule has 168 valence electrons. The first-order chi connectivity index (χ1) is 15.5. The van der Waals surface area contributed by atoms with Gasteiger partial charge in [-0.1, -0.05) is 48.5 Å². The lowest BCUT2D eigenvalue weighted by molar-refractivity contribution is -0.120. The van der Waals surface area contributed by atoms with E-state index in [1.54, 1.807) is 19.2 Å². The Morgan fingerprint density at radius 3 is 2.38 bits per heavy atom. The van der Waals surface area contributed by atoms with Crippen LogP contribution >= 0.6 is 0 Å². The predicted octanol–water partition coefficient (Wildman–Crippen LogP) is 4.13. The van der Waals surface area contributed by atoms with Gasteiger partial charge in [-0.2, -0.15) is 0 Å². The van der Waals surface area contributed by atoms with Crippen LogP contribution in [0.25, 0.3) is 10.8 Å². The molecular formula is C26H30N2O3S. The predicted molar refractivity (Wildman–Crippen MR) is 127 cm³/mol. The number of hydrogen-bond acceptors (Lipinski definition) is 4. The molecule has 1 saturated heterocycles. The minimum atomic E-state index is -3.49. The van der Waals surface area contributed by atoms with Gasteiger partial charge in [-0.3, -0.25) is 4.90 Å². The number of likely N-dealkylation sites (tertiary alicyclic amines) is 1. The molecule has 2 unspecified atom stereocenters. The van der Waals surface area contributed by atoms with Crippen LogP contribution in [0.4, 0.5) is 0 Å². The Hall–Kier alpha value is -2.25. The van der Waals surface area contributed by atoms with Gasteiger partial charge >= 0.3 is 0 Å². The molecule has 0 amide bonds. The lowest BCUT2D eigenvalue weighted by Gasteiger charge is -2.47. The fraction of sp³-hybridized carbons (Fsp3) is 0.385. The summed E-state index contributed by atoms with van der Waals surface area (Å²) in [6.07, 6.45) is 2.19. The second-order valence-corrected chi connectivity index (χ2v) is 11.0. The molecule has 2 bridgehead atoms. The molecule has 0 radical (unpaired) electrons. The molecular weight excluding hydrogens is 420 g/mol. The van der Waals surface area contributed by atoms with Crippen molar-refractivity contribution in [2.45, 2.75) is 29.9 Å². The summed E-state index contributed by atoms with van der Waals surface area (Å²) in [5, 5.41) is 2.54. The lowest BCUT2D eigenvalue weighted by atomic mass is 9.75. The number of hydrogen-bond donors (Lipinski definition) is 1. The van der Waals surface area contributed by atoms with Gasteiger partial charge < -0.3 is 4.74 Å². The molecule has 1 heterocycles. The molecule has 3 aromatic rings. The molecule has 2 aliphatic rings. The van der Waals surface area contributed by atoms with Gasteiger partial charge in [0.05, 0.1) is 4.90 Å². The first-order valence-electron chi connectivity index (χ1n) is 11.3. The van der Waals surface area contributed by atoms with Gasteiger partial charge in [0.2, 0.25) is 10.0 Å². The van der Waals surface area contributed by atoms with Crippen LogP contribution < -0.4 is 4.72 Å². The summed E-state index contributed by atoms with van der Waals surface area (Å²) in [6.45, 7) is 2.81. The molecule has 1 N–H and O–H groups in total. The number of rotatable bonds is 6. The summed E-state index contributed by atoms with van der Waals surface area (Å²) in [4.78, 5) is 2.84. The van der Waals surface area contributed by atoms with E-state index in [1.807, 2.05) is 12.1 Å². The van der Waals surface area contributed by atoms with Crippen LogP contribution in [0.1, 0.15) is 24.0 Å². The normalized spacial score (nSPS) is 25.9. The number of piperidine rings is 1. The minimum Gasteiger partial charge on any atom is -0.373 e. The maximum Gasteiger partial charge on any atom is 0.240 e. The maximum absolute atomic E-state index is 12.4. The first-order valence-corrected chi connectivity index (χ1v) is 12.7. The third kappa shape index (κ3) is 3.55. The molecule has 1 aliphatic heterocycles. The molecule has 2 atom stereocenters. The highest BCUT2D eigenvalue weighted by Crippen LogP contribution is 2.54. The number of sulfonamides is 1. The van der Waals surface area contributed by atoms with E-state index in [1.165, 1.54) is 23.4 Å². The van der Waals surface area contributed by atoms with Crippen LogP contribution in [-0.2, 0) is 26.9 Å². The zero-order valence-corrected chi connectivity index (χ0v) is 19.4. The Kier molecular flexibility index (Phi) is 5.58. The van der Waals surface area contributed by atoms with E-state index in [0.717, 1.165) is 38.0 Å². The molecule has 3 aromatic carbocycles. The standard InChI is InChI=1S/C26H30N2O3S/c1-27-32(29,30)25-9-5-8-22(15-25)26(31-2)23-12-13-24(26)18-28(17-23)16-19-10-11-20-6-3-4-7-21(20)14-19/h3-11,14-15,23-24,27H,12-13,16-18H2,1-2H3. The van der Waals surface area contributed by atoms with E-state index < -0.39 is 15.6 Å². The number of nitrogens with zero attached hydrogens (tertiary/aromatic N) is 1. The van der Waals surface area contributed by atoms with Crippen LogP contribution in [0.15, 0.2) is 71.6 Å². The van der Waals surface area contributed by atoms with Crippen molar-refractivity contribution in [2.24, 2.45) is 11.8 Å². The van der Waals surface area contributed by atoms with Crippen molar-refractivity contribution < 1.29 is 13.2 Å². The highest BCUT2D eigenvalue weighted by Gasteiger charge is 2.55. The Morgan fingerprint density at radius 2 is 1.69 bits per heavy atom. The zero-order chi connectivity index (χ0) is 22.3. The van der Waals surface area contributed by atoms with Gasteiger partial charge in [0, 0.05) is 38.6 Å². The molecule has 0 spiro atoms. The fourth-order valence-electron chi connectivity index (χ4n) is 5.99. The van der Waals surface area contributed by atoms with E-state index in [9.17, 15) is 8.42 Å². The number of nitrogens with one attached hydrogen (secondary N) is 1. The Morgan fingerprint density at radius 1 is 0.969 bits per heavy atom. The molecule has 6 heteroatoms. The Bertz CT molecular complexity index is 1230. The summed E-state index contributed by atoms with van der Waals surface area (Å²) in [5.74, 6) is 0.665. The van der Waals surface area contributed by atoms with Crippen molar-refractivity contribution in [1.29, 1.82) is 0 Å². The van der Waals surface area contributed by atoms with E-state index in [2.05, 4.69) is 52.1 Å². The summed E-state index contributed by atoms with van der Waals surface area (Å²) >= 11 is 0. The third-order valence-electron chi connectivity index (χ3n) is 7.46. The van der Waals surface area contributed by atoms with Crippen LogP contribution in [0.3, 0.4) is 0 Å². The van der Waals surface area contributed by atoms with Crippen LogP contribution in [0.2, 0.25) is 0 Å². The highest BCUT2D eigenvalue weighted by atomic mass is 32.2. The van der Waals surface area contributed by atoms with Crippen LogP contribution in [0, 0.1) is 11.8 Å².